The SMILES string of the molecule is COc1ccc2nnc(CCC(=O)Nc3cccc(C(F)(F)F)c3)n2n1. The fourth-order valence-electron chi connectivity index (χ4n) is 2.30. The van der Waals surface area contributed by atoms with Gasteiger partial charge in [-0.05, 0) is 24.3 Å². The van der Waals surface area contributed by atoms with Gasteiger partial charge in [0, 0.05) is 24.6 Å². The first kappa shape index (κ1) is 17.6. The van der Waals surface area contributed by atoms with Crippen LogP contribution in [-0.2, 0) is 17.4 Å². The van der Waals surface area contributed by atoms with Crippen LogP contribution in [0, 0.1) is 0 Å². The Labute approximate surface area is 145 Å². The average molecular weight is 365 g/mol. The maximum absolute atomic E-state index is 12.7. The van der Waals surface area contributed by atoms with Gasteiger partial charge in [-0.15, -0.1) is 15.3 Å². The molecular formula is C16H14F3N5O2. The van der Waals surface area contributed by atoms with E-state index in [1.54, 1.807) is 12.1 Å². The topological polar surface area (TPSA) is 81.4 Å². The average Bonchev–Trinajstić information content (AvgIpc) is 3.01. The number of aromatic nitrogens is 4. The van der Waals surface area contributed by atoms with Crippen LogP contribution in [0.3, 0.4) is 0 Å². The van der Waals surface area contributed by atoms with Crippen LogP contribution in [0.4, 0.5) is 18.9 Å². The predicted octanol–water partition coefficient (Wildman–Crippen LogP) is 2.72. The molecule has 1 aromatic carbocycles. The lowest BCUT2D eigenvalue weighted by atomic mass is 10.2. The van der Waals surface area contributed by atoms with Crippen molar-refractivity contribution < 1.29 is 22.7 Å². The molecule has 0 radical (unpaired) electrons. The normalized spacial score (nSPS) is 11.5. The predicted molar refractivity (Wildman–Crippen MR) is 85.7 cm³/mol. The summed E-state index contributed by atoms with van der Waals surface area (Å²) in [4.78, 5) is 12.0. The van der Waals surface area contributed by atoms with Gasteiger partial charge in [0.15, 0.2) is 11.5 Å². The number of halogens is 3. The summed E-state index contributed by atoms with van der Waals surface area (Å²) in [5.74, 6) is 0.369. The Kier molecular flexibility index (Phi) is 4.74. The number of fused-ring (bicyclic) bond motifs is 1. The number of hydrogen-bond acceptors (Lipinski definition) is 5. The van der Waals surface area contributed by atoms with E-state index in [0.717, 1.165) is 12.1 Å². The van der Waals surface area contributed by atoms with Crippen molar-refractivity contribution in [1.29, 1.82) is 0 Å². The number of alkyl halides is 3. The van der Waals surface area contributed by atoms with Crippen molar-refractivity contribution in [2.24, 2.45) is 0 Å². The maximum Gasteiger partial charge on any atom is 0.416 e. The van der Waals surface area contributed by atoms with E-state index in [9.17, 15) is 18.0 Å². The lowest BCUT2D eigenvalue weighted by Crippen LogP contribution is -2.14. The molecule has 0 fully saturated rings. The van der Waals surface area contributed by atoms with Crippen LogP contribution in [0.2, 0.25) is 0 Å². The minimum Gasteiger partial charge on any atom is -0.480 e. The largest absolute Gasteiger partial charge is 0.480 e. The molecule has 3 aromatic rings. The van der Waals surface area contributed by atoms with Crippen LogP contribution in [0.5, 0.6) is 5.88 Å². The number of rotatable bonds is 5. The second-order valence-corrected chi connectivity index (χ2v) is 5.39. The first-order valence-electron chi connectivity index (χ1n) is 7.59. The van der Waals surface area contributed by atoms with Crippen molar-refractivity contribution in [2.45, 2.75) is 19.0 Å². The number of ether oxygens (including phenoxy) is 1. The van der Waals surface area contributed by atoms with E-state index in [-0.39, 0.29) is 18.5 Å². The summed E-state index contributed by atoms with van der Waals surface area (Å²) in [7, 11) is 1.47. The van der Waals surface area contributed by atoms with Crippen LogP contribution < -0.4 is 10.1 Å². The number of hydrogen-bond donors (Lipinski definition) is 1. The monoisotopic (exact) mass is 365 g/mol. The Morgan fingerprint density at radius 2 is 2.04 bits per heavy atom. The Balaban J connectivity index is 1.66. The van der Waals surface area contributed by atoms with Crippen molar-refractivity contribution >= 4 is 17.2 Å². The Morgan fingerprint density at radius 1 is 1.23 bits per heavy atom. The van der Waals surface area contributed by atoms with Crippen molar-refractivity contribution in [3.63, 3.8) is 0 Å². The quantitative estimate of drug-likeness (QED) is 0.752. The minimum absolute atomic E-state index is 0.00985. The Hall–Kier alpha value is -3.17. The summed E-state index contributed by atoms with van der Waals surface area (Å²) in [6, 6.07) is 7.76. The van der Waals surface area contributed by atoms with E-state index in [4.69, 9.17) is 4.74 Å². The van der Waals surface area contributed by atoms with E-state index in [2.05, 4.69) is 20.6 Å². The molecule has 0 saturated heterocycles. The first-order valence-corrected chi connectivity index (χ1v) is 7.59. The number of benzene rings is 1. The molecule has 0 aliphatic rings. The number of carbonyl (C=O) groups is 1. The fourth-order valence-corrected chi connectivity index (χ4v) is 2.30. The van der Waals surface area contributed by atoms with Gasteiger partial charge >= 0.3 is 6.18 Å². The maximum atomic E-state index is 12.7. The molecule has 0 unspecified atom stereocenters. The number of nitrogens with one attached hydrogen (secondary N) is 1. The smallest absolute Gasteiger partial charge is 0.416 e. The highest BCUT2D eigenvalue weighted by atomic mass is 19.4. The lowest BCUT2D eigenvalue weighted by molar-refractivity contribution is -0.137. The minimum atomic E-state index is -4.47. The van der Waals surface area contributed by atoms with Crippen molar-refractivity contribution in [1.82, 2.24) is 19.8 Å². The summed E-state index contributed by atoms with van der Waals surface area (Å²) in [6.07, 6.45) is -4.24. The number of amides is 1. The molecule has 0 saturated carbocycles. The van der Waals surface area contributed by atoms with Crippen molar-refractivity contribution in [3.8, 4) is 5.88 Å². The third-order valence-corrected chi connectivity index (χ3v) is 3.56. The van der Waals surface area contributed by atoms with E-state index >= 15 is 0 Å². The van der Waals surface area contributed by atoms with Crippen LogP contribution in [0.25, 0.3) is 5.65 Å². The lowest BCUT2D eigenvalue weighted by Gasteiger charge is -2.09. The molecule has 10 heteroatoms. The second kappa shape index (κ2) is 6.98. The number of carbonyl (C=O) groups excluding carboxylic acids is 1. The van der Waals surface area contributed by atoms with Crippen LogP contribution in [0.15, 0.2) is 36.4 Å². The third-order valence-electron chi connectivity index (χ3n) is 3.56. The Bertz CT molecular complexity index is 939. The standard InChI is InChI=1S/C16H14F3N5O2/c1-26-15-8-6-13-22-21-12(24(13)23-15)5-7-14(25)20-11-4-2-3-10(9-11)16(17,18)19/h2-4,6,8-9H,5,7H2,1H3,(H,20,25). The van der Waals surface area contributed by atoms with Gasteiger partial charge in [-0.1, -0.05) is 6.07 Å². The molecule has 7 nitrogen and oxygen atoms in total. The zero-order chi connectivity index (χ0) is 18.7. The molecule has 0 aliphatic heterocycles. The van der Waals surface area contributed by atoms with Gasteiger partial charge in [0.1, 0.15) is 0 Å². The molecule has 0 spiro atoms. The summed E-state index contributed by atoms with van der Waals surface area (Å²) >= 11 is 0. The Morgan fingerprint density at radius 3 is 2.77 bits per heavy atom. The zero-order valence-corrected chi connectivity index (χ0v) is 13.6. The van der Waals surface area contributed by atoms with Gasteiger partial charge < -0.3 is 10.1 Å². The van der Waals surface area contributed by atoms with E-state index in [1.165, 1.54) is 23.8 Å². The van der Waals surface area contributed by atoms with Gasteiger partial charge in [-0.3, -0.25) is 4.79 Å². The summed E-state index contributed by atoms with van der Waals surface area (Å²) in [6.45, 7) is 0. The molecule has 3 rings (SSSR count). The van der Waals surface area contributed by atoms with Gasteiger partial charge in [0.05, 0.1) is 12.7 Å². The van der Waals surface area contributed by atoms with Crippen molar-refractivity contribution in [2.75, 3.05) is 12.4 Å². The highest BCUT2D eigenvalue weighted by Gasteiger charge is 2.30. The molecule has 136 valence electrons. The molecule has 2 heterocycles. The first-order chi connectivity index (χ1) is 12.4. The van der Waals surface area contributed by atoms with Crippen LogP contribution >= 0.6 is 0 Å². The van der Waals surface area contributed by atoms with Crippen LogP contribution in [-0.4, -0.2) is 32.8 Å². The van der Waals surface area contributed by atoms with Gasteiger partial charge in [0.25, 0.3) is 0 Å². The molecule has 1 amide bonds. The highest BCUT2D eigenvalue weighted by Crippen LogP contribution is 2.30. The van der Waals surface area contributed by atoms with Gasteiger partial charge in [-0.25, -0.2) is 0 Å². The second-order valence-electron chi connectivity index (χ2n) is 5.39. The molecule has 2 aromatic heterocycles. The number of anilines is 1. The van der Waals surface area contributed by atoms with Crippen LogP contribution in [0.1, 0.15) is 17.8 Å². The van der Waals surface area contributed by atoms with Gasteiger partial charge in [0.2, 0.25) is 11.8 Å². The molecule has 0 aliphatic carbocycles. The van der Waals surface area contributed by atoms with Crippen molar-refractivity contribution in [3.05, 3.63) is 47.8 Å². The van der Waals surface area contributed by atoms with E-state index in [0.29, 0.717) is 17.4 Å². The van der Waals surface area contributed by atoms with Gasteiger partial charge in [-0.2, -0.15) is 17.7 Å². The third kappa shape index (κ3) is 3.90. The summed E-state index contributed by atoms with van der Waals surface area (Å²) < 4.78 is 44.6. The number of aryl methyl sites for hydroxylation is 1. The number of nitrogens with zero attached hydrogens (tertiary/aromatic N) is 4. The molecule has 1 N–H and O–H groups in total. The fraction of sp³-hybridized carbons (Fsp3) is 0.250. The summed E-state index contributed by atoms with van der Waals surface area (Å²) in [5, 5.41) is 14.5. The summed E-state index contributed by atoms with van der Waals surface area (Å²) in [5.41, 5.74) is -0.246. The number of methoxy groups -OCH3 is 1. The van der Waals surface area contributed by atoms with E-state index in [1.807, 2.05) is 0 Å². The zero-order valence-electron chi connectivity index (χ0n) is 13.6. The van der Waals surface area contributed by atoms with E-state index < -0.39 is 17.6 Å². The molecular weight excluding hydrogens is 351 g/mol. The highest BCUT2D eigenvalue weighted by molar-refractivity contribution is 5.90. The molecule has 26 heavy (non-hydrogen) atoms. The molecule has 0 bridgehead atoms. The molecule has 0 atom stereocenters.